The van der Waals surface area contributed by atoms with Crippen LogP contribution in [0.3, 0.4) is 0 Å². The van der Waals surface area contributed by atoms with Gasteiger partial charge in [0.2, 0.25) is 0 Å². The van der Waals surface area contributed by atoms with E-state index in [1.807, 2.05) is 43.3 Å². The van der Waals surface area contributed by atoms with Gasteiger partial charge >= 0.3 is 0 Å². The van der Waals surface area contributed by atoms with E-state index in [9.17, 15) is 4.79 Å². The second-order valence-corrected chi connectivity index (χ2v) is 7.59. The van der Waals surface area contributed by atoms with Crippen LogP contribution < -0.4 is 0 Å². The Labute approximate surface area is 168 Å². The number of hydrogen-bond donors (Lipinski definition) is 1. The van der Waals surface area contributed by atoms with E-state index >= 15 is 0 Å². The second kappa shape index (κ2) is 6.78. The topological polar surface area (TPSA) is 71.5 Å². The number of nitrogens with zero attached hydrogens (tertiary/aromatic N) is 3. The van der Waals surface area contributed by atoms with Gasteiger partial charge in [0, 0.05) is 34.6 Å². The summed E-state index contributed by atoms with van der Waals surface area (Å²) >= 11 is 0. The van der Waals surface area contributed by atoms with Crippen LogP contribution in [0.25, 0.3) is 22.3 Å². The number of hydrogen-bond acceptors (Lipinski definition) is 4. The van der Waals surface area contributed by atoms with Gasteiger partial charge in [-0.3, -0.25) is 14.9 Å². The molecule has 0 bridgehead atoms. The van der Waals surface area contributed by atoms with Crippen molar-refractivity contribution in [2.24, 2.45) is 5.92 Å². The molecule has 1 unspecified atom stereocenters. The number of aromatic amines is 1. The first-order valence-electron chi connectivity index (χ1n) is 9.67. The standard InChI is InChI=1S/C24H20N4O/c1-14-10-17(8-9-25-14)22-21-11-18(13-26-24(21)28-27-22)23(29)15(2)19-12-20(19)16-6-4-3-5-7-16/h3-11,13,19-20H,2,12H2,1H3,(H,26,27,28)/t19?,20-/m0/s1. The Morgan fingerprint density at radius 1 is 1.14 bits per heavy atom. The van der Waals surface area contributed by atoms with E-state index in [2.05, 4.69) is 38.9 Å². The van der Waals surface area contributed by atoms with Crippen LogP contribution in [0, 0.1) is 12.8 Å². The van der Waals surface area contributed by atoms with Gasteiger partial charge < -0.3 is 0 Å². The SMILES string of the molecule is C=C(C(=O)c1cnc2[nH]nc(-c3ccnc(C)c3)c2c1)C1C[C@H]1c1ccccc1. The molecule has 4 aromatic rings. The van der Waals surface area contributed by atoms with Gasteiger partial charge in [0.15, 0.2) is 11.4 Å². The monoisotopic (exact) mass is 380 g/mol. The molecule has 0 aliphatic heterocycles. The molecular formula is C24H20N4O. The van der Waals surface area contributed by atoms with Crippen LogP contribution >= 0.6 is 0 Å². The molecule has 1 N–H and O–H groups in total. The molecule has 29 heavy (non-hydrogen) atoms. The molecule has 5 rings (SSSR count). The highest BCUT2D eigenvalue weighted by atomic mass is 16.1. The van der Waals surface area contributed by atoms with Crippen LogP contribution in [-0.4, -0.2) is 25.9 Å². The second-order valence-electron chi connectivity index (χ2n) is 7.59. The maximum Gasteiger partial charge on any atom is 0.190 e. The van der Waals surface area contributed by atoms with E-state index in [1.165, 1.54) is 5.56 Å². The highest BCUT2D eigenvalue weighted by Crippen LogP contribution is 2.51. The number of benzene rings is 1. The largest absolute Gasteiger partial charge is 0.289 e. The number of nitrogens with one attached hydrogen (secondary N) is 1. The lowest BCUT2D eigenvalue weighted by molar-refractivity contribution is 0.102. The zero-order valence-electron chi connectivity index (χ0n) is 16.1. The third kappa shape index (κ3) is 3.14. The number of aromatic nitrogens is 4. The molecule has 5 nitrogen and oxygen atoms in total. The molecule has 3 heterocycles. The van der Waals surface area contributed by atoms with Crippen LogP contribution in [0.2, 0.25) is 0 Å². The van der Waals surface area contributed by atoms with Gasteiger partial charge in [0.05, 0.1) is 0 Å². The zero-order chi connectivity index (χ0) is 20.0. The van der Waals surface area contributed by atoms with Gasteiger partial charge in [-0.1, -0.05) is 36.9 Å². The molecule has 1 fully saturated rings. The summed E-state index contributed by atoms with van der Waals surface area (Å²) in [4.78, 5) is 21.7. The molecule has 2 atom stereocenters. The third-order valence-electron chi connectivity index (χ3n) is 5.61. The van der Waals surface area contributed by atoms with E-state index in [-0.39, 0.29) is 11.7 Å². The van der Waals surface area contributed by atoms with Crippen molar-refractivity contribution in [2.45, 2.75) is 19.3 Å². The molecule has 3 aromatic heterocycles. The Bertz CT molecular complexity index is 1240. The minimum atomic E-state index is -0.0408. The number of Topliss-reactive ketones (excluding diaryl/α,β-unsaturated/α-hetero) is 1. The molecule has 0 saturated heterocycles. The van der Waals surface area contributed by atoms with Crippen molar-refractivity contribution >= 4 is 16.8 Å². The van der Waals surface area contributed by atoms with Crippen molar-refractivity contribution in [1.82, 2.24) is 20.2 Å². The molecule has 1 aliphatic carbocycles. The van der Waals surface area contributed by atoms with E-state index in [0.29, 0.717) is 22.7 Å². The molecule has 1 aliphatic rings. The summed E-state index contributed by atoms with van der Waals surface area (Å²) in [6, 6.07) is 16.1. The van der Waals surface area contributed by atoms with Gasteiger partial charge in [0.1, 0.15) is 5.69 Å². The summed E-state index contributed by atoms with van der Waals surface area (Å²) in [6.07, 6.45) is 4.33. The lowest BCUT2D eigenvalue weighted by atomic mass is 9.98. The maximum absolute atomic E-state index is 13.1. The number of ketones is 1. The molecule has 1 aromatic carbocycles. The normalized spacial score (nSPS) is 18.0. The van der Waals surface area contributed by atoms with Crippen molar-refractivity contribution in [3.8, 4) is 11.3 Å². The Morgan fingerprint density at radius 2 is 1.97 bits per heavy atom. The number of carbonyl (C=O) groups is 1. The third-order valence-corrected chi connectivity index (χ3v) is 5.61. The smallest absolute Gasteiger partial charge is 0.190 e. The highest BCUT2D eigenvalue weighted by molar-refractivity contribution is 6.10. The Hall–Kier alpha value is -3.60. The number of H-pyrrole nitrogens is 1. The van der Waals surface area contributed by atoms with Gasteiger partial charge in [-0.05, 0) is 54.5 Å². The van der Waals surface area contributed by atoms with Crippen molar-refractivity contribution in [3.63, 3.8) is 0 Å². The van der Waals surface area contributed by atoms with Crippen molar-refractivity contribution in [3.05, 3.63) is 89.9 Å². The summed E-state index contributed by atoms with van der Waals surface area (Å²) in [7, 11) is 0. The van der Waals surface area contributed by atoms with Crippen LogP contribution in [0.15, 0.2) is 73.1 Å². The van der Waals surface area contributed by atoms with Crippen LogP contribution in [0.5, 0.6) is 0 Å². The lowest BCUT2D eigenvalue weighted by Gasteiger charge is -2.06. The molecule has 0 spiro atoms. The highest BCUT2D eigenvalue weighted by Gasteiger charge is 2.42. The van der Waals surface area contributed by atoms with Gasteiger partial charge in [0.25, 0.3) is 0 Å². The number of allylic oxidation sites excluding steroid dienone is 1. The van der Waals surface area contributed by atoms with Gasteiger partial charge in [-0.2, -0.15) is 5.10 Å². The molecule has 1 saturated carbocycles. The zero-order valence-corrected chi connectivity index (χ0v) is 16.1. The minimum Gasteiger partial charge on any atom is -0.289 e. The van der Waals surface area contributed by atoms with E-state index in [4.69, 9.17) is 0 Å². The predicted octanol–water partition coefficient (Wildman–Crippen LogP) is 4.87. The van der Waals surface area contributed by atoms with E-state index < -0.39 is 0 Å². The van der Waals surface area contributed by atoms with Crippen molar-refractivity contribution < 1.29 is 4.79 Å². The molecule has 142 valence electrons. The fourth-order valence-corrected chi connectivity index (χ4v) is 3.94. The minimum absolute atomic E-state index is 0.0408. The average Bonchev–Trinajstić information content (AvgIpc) is 3.45. The van der Waals surface area contributed by atoms with Crippen LogP contribution in [0.4, 0.5) is 0 Å². The maximum atomic E-state index is 13.1. The fraction of sp³-hybridized carbons (Fsp3) is 0.167. The van der Waals surface area contributed by atoms with Crippen LogP contribution in [-0.2, 0) is 0 Å². The van der Waals surface area contributed by atoms with E-state index in [0.717, 1.165) is 28.8 Å². The van der Waals surface area contributed by atoms with Gasteiger partial charge in [-0.15, -0.1) is 0 Å². The van der Waals surface area contributed by atoms with Gasteiger partial charge in [-0.25, -0.2) is 4.98 Å². The summed E-state index contributed by atoms with van der Waals surface area (Å²) in [5.41, 5.74) is 5.76. The number of carbonyl (C=O) groups excluding carboxylic acids is 1. The Morgan fingerprint density at radius 3 is 2.76 bits per heavy atom. The number of aryl methyl sites for hydroxylation is 1. The van der Waals surface area contributed by atoms with E-state index in [1.54, 1.807) is 12.4 Å². The summed E-state index contributed by atoms with van der Waals surface area (Å²) < 4.78 is 0. The number of rotatable bonds is 5. The number of pyridine rings is 2. The van der Waals surface area contributed by atoms with Crippen molar-refractivity contribution in [2.75, 3.05) is 0 Å². The molecular weight excluding hydrogens is 360 g/mol. The molecule has 0 radical (unpaired) electrons. The van der Waals surface area contributed by atoms with Crippen LogP contribution in [0.1, 0.15) is 34.0 Å². The summed E-state index contributed by atoms with van der Waals surface area (Å²) in [5.74, 6) is 0.543. The first-order valence-corrected chi connectivity index (χ1v) is 9.67. The average molecular weight is 380 g/mol. The molecule has 0 amide bonds. The Kier molecular flexibility index (Phi) is 4.09. The van der Waals surface area contributed by atoms with Crippen molar-refractivity contribution in [1.29, 1.82) is 0 Å². The fourth-order valence-electron chi connectivity index (χ4n) is 3.94. The Balaban J connectivity index is 1.44. The lowest BCUT2D eigenvalue weighted by Crippen LogP contribution is -2.05. The first-order chi connectivity index (χ1) is 14.1. The summed E-state index contributed by atoms with van der Waals surface area (Å²) in [6.45, 7) is 6.06. The quantitative estimate of drug-likeness (QED) is 0.396. The molecule has 5 heteroatoms. The number of fused-ring (bicyclic) bond motifs is 1. The first kappa shape index (κ1) is 17.5. The summed E-state index contributed by atoms with van der Waals surface area (Å²) in [5, 5.41) is 8.18. The predicted molar refractivity (Wildman–Crippen MR) is 113 cm³/mol.